The molecule has 138 valence electrons. The van der Waals surface area contributed by atoms with E-state index in [1.54, 1.807) is 24.3 Å². The van der Waals surface area contributed by atoms with Gasteiger partial charge in [0.25, 0.3) is 0 Å². The van der Waals surface area contributed by atoms with Gasteiger partial charge in [-0.1, -0.05) is 0 Å². The molecule has 2 aromatic carbocycles. The van der Waals surface area contributed by atoms with Crippen LogP contribution in [0, 0.1) is 6.92 Å². The second kappa shape index (κ2) is 9.17. The van der Waals surface area contributed by atoms with Crippen LogP contribution in [0.25, 0.3) is 0 Å². The van der Waals surface area contributed by atoms with Crippen LogP contribution in [-0.4, -0.2) is 39.0 Å². The van der Waals surface area contributed by atoms with Crippen molar-refractivity contribution in [3.8, 4) is 0 Å². The number of sulfonamides is 1. The molecule has 0 spiro atoms. The zero-order valence-corrected chi connectivity index (χ0v) is 17.7. The Morgan fingerprint density at radius 2 is 1.65 bits per heavy atom. The number of benzene rings is 2. The van der Waals surface area contributed by atoms with Gasteiger partial charge < -0.3 is 0 Å². The summed E-state index contributed by atoms with van der Waals surface area (Å²) in [6.07, 6.45) is 2.45. The van der Waals surface area contributed by atoms with Gasteiger partial charge in [0.05, 0.1) is 0 Å². The van der Waals surface area contributed by atoms with Crippen molar-refractivity contribution in [2.45, 2.75) is 32.1 Å². The first-order valence-electron chi connectivity index (χ1n) is 8.30. The summed E-state index contributed by atoms with van der Waals surface area (Å²) in [5, 5.41) is 0. The van der Waals surface area contributed by atoms with Gasteiger partial charge >= 0.3 is 162 Å². The van der Waals surface area contributed by atoms with E-state index in [0.717, 1.165) is 19.9 Å². The van der Waals surface area contributed by atoms with E-state index in [1.807, 2.05) is 57.2 Å². The van der Waals surface area contributed by atoms with E-state index in [1.165, 1.54) is 0 Å². The predicted molar refractivity (Wildman–Crippen MR) is 106 cm³/mol. The Hall–Kier alpha value is -1.88. The maximum absolute atomic E-state index is 13.0. The second-order valence-electron chi connectivity index (χ2n) is 6.14. The molecule has 0 heterocycles. The number of aryl methyl sites for hydroxylation is 1. The number of allylic oxidation sites excluding steroid dienone is 1. The summed E-state index contributed by atoms with van der Waals surface area (Å²) < 4.78 is 28.0. The molecule has 1 amide bonds. The molecule has 0 radical (unpaired) electrons. The van der Waals surface area contributed by atoms with E-state index in [2.05, 4.69) is 0 Å². The Kier molecular flexibility index (Phi) is 7.21. The summed E-state index contributed by atoms with van der Waals surface area (Å²) in [5.41, 5.74) is 2.07. The summed E-state index contributed by atoms with van der Waals surface area (Å²) >= 11 is -0.593. The third kappa shape index (κ3) is 5.56. The molecule has 4 nitrogen and oxygen atoms in total. The average molecular weight is 436 g/mol. The molecular weight excluding hydrogens is 413 g/mol. The van der Waals surface area contributed by atoms with Crippen molar-refractivity contribution in [2.24, 2.45) is 0 Å². The van der Waals surface area contributed by atoms with E-state index in [-0.39, 0.29) is 16.2 Å². The first-order valence-corrected chi connectivity index (χ1v) is 11.5. The third-order valence-corrected chi connectivity index (χ3v) is 7.60. The predicted octanol–water partition coefficient (Wildman–Crippen LogP) is 3.49. The normalized spacial score (nSPS) is 11.0. The van der Waals surface area contributed by atoms with Gasteiger partial charge in [-0.25, -0.2) is 0 Å². The minimum atomic E-state index is -3.86. The molecule has 26 heavy (non-hydrogen) atoms. The van der Waals surface area contributed by atoms with Crippen LogP contribution >= 0.6 is 0 Å². The Labute approximate surface area is 162 Å². The summed E-state index contributed by atoms with van der Waals surface area (Å²) in [5.74, 6) is 0. The Morgan fingerprint density at radius 3 is 2.23 bits per heavy atom. The van der Waals surface area contributed by atoms with Gasteiger partial charge in [-0.15, -0.1) is 0 Å². The number of carbonyl (C=O) groups excluding carboxylic acids is 1. The topological polar surface area (TPSA) is 54.5 Å². The standard InChI is InChI=1S/C20H23NO3SSe/c1-16(2)8-7-15-21(20(22)26-19-9-5-4-6-10-19)25(23,24)18-13-11-17(3)12-14-18/h4-6,8-14H,7,15H2,1-3H3. The quantitative estimate of drug-likeness (QED) is 0.493. The summed E-state index contributed by atoms with van der Waals surface area (Å²) in [6, 6.07) is 15.9. The summed E-state index contributed by atoms with van der Waals surface area (Å²) in [6.45, 7) is 5.95. The van der Waals surface area contributed by atoms with Crippen molar-refractivity contribution in [1.82, 2.24) is 4.31 Å². The van der Waals surface area contributed by atoms with Crippen molar-refractivity contribution in [2.75, 3.05) is 6.54 Å². The Balaban J connectivity index is 2.31. The Bertz CT molecular complexity index is 871. The molecule has 0 aliphatic carbocycles. The van der Waals surface area contributed by atoms with Gasteiger partial charge in [-0.2, -0.15) is 0 Å². The molecule has 0 saturated heterocycles. The van der Waals surface area contributed by atoms with Crippen molar-refractivity contribution in [3.05, 3.63) is 71.8 Å². The van der Waals surface area contributed by atoms with Crippen LogP contribution in [0.2, 0.25) is 0 Å². The second-order valence-corrected chi connectivity index (χ2v) is 10.2. The number of hydrogen-bond acceptors (Lipinski definition) is 3. The SMILES string of the molecule is CC(C)=CCCN(C(=O)[Se]c1ccccc1)S(=O)(=O)c1ccc(C)cc1. The molecule has 0 saturated carbocycles. The molecular formula is C20H23NO3SSe. The van der Waals surface area contributed by atoms with Gasteiger partial charge in [0, 0.05) is 0 Å². The number of rotatable bonds is 7. The number of amides is 1. The van der Waals surface area contributed by atoms with Crippen LogP contribution in [0.3, 0.4) is 0 Å². The van der Waals surface area contributed by atoms with Gasteiger partial charge in [0.2, 0.25) is 0 Å². The fourth-order valence-electron chi connectivity index (χ4n) is 2.26. The van der Waals surface area contributed by atoms with Crippen molar-refractivity contribution in [3.63, 3.8) is 0 Å². The fraction of sp³-hybridized carbons (Fsp3) is 0.250. The number of hydrogen-bond donors (Lipinski definition) is 0. The van der Waals surface area contributed by atoms with Crippen molar-refractivity contribution in [1.29, 1.82) is 0 Å². The molecule has 0 aliphatic heterocycles. The number of carbonyl (C=O) groups is 1. The average Bonchev–Trinajstić information content (AvgIpc) is 2.59. The van der Waals surface area contributed by atoms with Gasteiger partial charge in [-0.05, 0) is 0 Å². The monoisotopic (exact) mass is 437 g/mol. The molecule has 0 atom stereocenters. The van der Waals surface area contributed by atoms with E-state index in [0.29, 0.717) is 6.42 Å². The third-order valence-electron chi connectivity index (χ3n) is 3.65. The zero-order valence-electron chi connectivity index (χ0n) is 15.2. The van der Waals surface area contributed by atoms with Crippen LogP contribution < -0.4 is 4.46 Å². The molecule has 0 N–H and O–H groups in total. The summed E-state index contributed by atoms with van der Waals surface area (Å²) in [4.78, 5) is 12.6. The van der Waals surface area contributed by atoms with E-state index in [4.69, 9.17) is 0 Å². The van der Waals surface area contributed by atoms with E-state index < -0.39 is 25.0 Å². The van der Waals surface area contributed by atoms with Crippen LogP contribution in [0.1, 0.15) is 25.8 Å². The van der Waals surface area contributed by atoms with Crippen molar-refractivity contribution >= 4 is 34.2 Å². The fourth-order valence-corrected chi connectivity index (χ4v) is 5.79. The van der Waals surface area contributed by atoms with Crippen LogP contribution in [-0.2, 0) is 10.0 Å². The number of nitrogens with zero attached hydrogens (tertiary/aromatic N) is 1. The van der Waals surface area contributed by atoms with Crippen molar-refractivity contribution < 1.29 is 13.2 Å². The maximum atomic E-state index is 13.0. The zero-order chi connectivity index (χ0) is 19.2. The Morgan fingerprint density at radius 1 is 1.04 bits per heavy atom. The molecule has 0 aromatic heterocycles. The molecule has 0 bridgehead atoms. The van der Waals surface area contributed by atoms with Crippen LogP contribution in [0.5, 0.6) is 0 Å². The minimum absolute atomic E-state index is 0.148. The molecule has 0 fully saturated rings. The molecule has 2 aromatic rings. The van der Waals surface area contributed by atoms with E-state index >= 15 is 0 Å². The summed E-state index contributed by atoms with van der Waals surface area (Å²) in [7, 11) is -3.86. The molecule has 0 aliphatic rings. The van der Waals surface area contributed by atoms with E-state index in [9.17, 15) is 13.2 Å². The van der Waals surface area contributed by atoms with Gasteiger partial charge in [0.1, 0.15) is 0 Å². The van der Waals surface area contributed by atoms with Crippen LogP contribution in [0.4, 0.5) is 4.79 Å². The molecule has 2 rings (SSSR count). The van der Waals surface area contributed by atoms with Crippen LogP contribution in [0.15, 0.2) is 71.1 Å². The van der Waals surface area contributed by atoms with Gasteiger partial charge in [-0.3, -0.25) is 0 Å². The first kappa shape index (κ1) is 20.4. The van der Waals surface area contributed by atoms with Gasteiger partial charge in [0.15, 0.2) is 0 Å². The molecule has 0 unspecified atom stereocenters. The first-order chi connectivity index (χ1) is 12.3. The molecule has 6 heteroatoms.